The third-order valence-corrected chi connectivity index (χ3v) is 5.42. The highest BCUT2D eigenvalue weighted by molar-refractivity contribution is 6.30. The van der Waals surface area contributed by atoms with E-state index in [1.807, 2.05) is 0 Å². The molecule has 0 radical (unpaired) electrons. The number of alkyl carbamates (subject to hydrolysis) is 1. The molecule has 11 nitrogen and oxygen atoms in total. The Morgan fingerprint density at radius 1 is 1.09 bits per heavy atom. The Kier molecular flexibility index (Phi) is 6.64. The first-order valence-corrected chi connectivity index (χ1v) is 10.6. The Morgan fingerprint density at radius 2 is 1.69 bits per heavy atom. The summed E-state index contributed by atoms with van der Waals surface area (Å²) in [6.07, 6.45) is -0.976. The van der Waals surface area contributed by atoms with Crippen molar-refractivity contribution in [2.75, 3.05) is 12.0 Å². The summed E-state index contributed by atoms with van der Waals surface area (Å²) in [5.41, 5.74) is -3.18. The standard InChI is InChI=1S/C24H25N3O8/c1-14(28)26-18-9-7-6-8-17(18)20(29)24(26,21(30)34-5)19(25-22(31)35-23(2,3)4)15-10-12-16(13-11-15)27(32)33/h6-13,19H,1-5H3,(H,25,31)/t19-,24+/m0/s1. The second-order valence-corrected chi connectivity index (χ2v) is 8.89. The van der Waals surface area contributed by atoms with E-state index in [1.165, 1.54) is 31.2 Å². The molecule has 3 rings (SSSR count). The number of hydrogen-bond acceptors (Lipinski definition) is 8. The molecule has 0 saturated carbocycles. The van der Waals surface area contributed by atoms with Crippen LogP contribution in [0.1, 0.15) is 49.7 Å². The quantitative estimate of drug-likeness (QED) is 0.295. The van der Waals surface area contributed by atoms with E-state index in [9.17, 15) is 29.3 Å². The number of methoxy groups -OCH3 is 1. The van der Waals surface area contributed by atoms with Crippen LogP contribution in [0.2, 0.25) is 0 Å². The van der Waals surface area contributed by atoms with Crippen LogP contribution in [0.4, 0.5) is 16.2 Å². The Bertz CT molecular complexity index is 1200. The van der Waals surface area contributed by atoms with Crippen LogP contribution < -0.4 is 10.2 Å². The summed E-state index contributed by atoms with van der Waals surface area (Å²) in [5, 5.41) is 13.7. The van der Waals surface area contributed by atoms with Crippen LogP contribution >= 0.6 is 0 Å². The van der Waals surface area contributed by atoms with Crippen molar-refractivity contribution >= 4 is 35.1 Å². The highest BCUT2D eigenvalue weighted by Crippen LogP contribution is 2.46. The number of nitro groups is 1. The molecule has 35 heavy (non-hydrogen) atoms. The molecule has 184 valence electrons. The molecule has 0 fully saturated rings. The van der Waals surface area contributed by atoms with E-state index in [0.29, 0.717) is 0 Å². The van der Waals surface area contributed by atoms with Crippen LogP contribution in [0.15, 0.2) is 48.5 Å². The number of carbonyl (C=O) groups excluding carboxylic acids is 4. The third-order valence-electron chi connectivity index (χ3n) is 5.42. The van der Waals surface area contributed by atoms with E-state index in [4.69, 9.17) is 9.47 Å². The number of nitrogens with zero attached hydrogens (tertiary/aromatic N) is 2. The van der Waals surface area contributed by atoms with Gasteiger partial charge in [0, 0.05) is 24.6 Å². The lowest BCUT2D eigenvalue weighted by molar-refractivity contribution is -0.384. The number of ether oxygens (including phenoxy) is 2. The minimum absolute atomic E-state index is 0.0750. The number of Topliss-reactive ketones (excluding diaryl/α,β-unsaturated/α-hetero) is 1. The van der Waals surface area contributed by atoms with Gasteiger partial charge in [0.25, 0.3) is 5.69 Å². The fraction of sp³-hybridized carbons (Fsp3) is 0.333. The zero-order valence-electron chi connectivity index (χ0n) is 19.9. The molecule has 1 aliphatic rings. The molecule has 11 heteroatoms. The third kappa shape index (κ3) is 4.44. The molecular formula is C24H25N3O8. The first kappa shape index (κ1) is 25.3. The highest BCUT2D eigenvalue weighted by atomic mass is 16.6. The Balaban J connectivity index is 2.30. The van der Waals surface area contributed by atoms with E-state index < -0.39 is 45.9 Å². The largest absolute Gasteiger partial charge is 0.467 e. The van der Waals surface area contributed by atoms with Crippen LogP contribution in [0.25, 0.3) is 0 Å². The van der Waals surface area contributed by atoms with Gasteiger partial charge in [0.2, 0.25) is 17.2 Å². The molecule has 0 spiro atoms. The van der Waals surface area contributed by atoms with Gasteiger partial charge < -0.3 is 14.8 Å². The van der Waals surface area contributed by atoms with E-state index >= 15 is 0 Å². The first-order valence-electron chi connectivity index (χ1n) is 10.6. The predicted octanol–water partition coefficient (Wildman–Crippen LogP) is 3.32. The molecule has 1 aliphatic heterocycles. The minimum atomic E-state index is -2.38. The van der Waals surface area contributed by atoms with Crippen molar-refractivity contribution in [2.24, 2.45) is 0 Å². The van der Waals surface area contributed by atoms with E-state index in [-0.39, 0.29) is 22.5 Å². The number of benzene rings is 2. The summed E-state index contributed by atoms with van der Waals surface area (Å²) in [7, 11) is 1.05. The molecule has 0 aliphatic carbocycles. The number of carbonyl (C=O) groups is 4. The average Bonchev–Trinajstić information content (AvgIpc) is 3.05. The van der Waals surface area contributed by atoms with Gasteiger partial charge in [0.15, 0.2) is 0 Å². The van der Waals surface area contributed by atoms with E-state index in [1.54, 1.807) is 32.9 Å². The normalized spacial score (nSPS) is 17.9. The molecule has 0 saturated heterocycles. The molecule has 2 aromatic rings. The van der Waals surface area contributed by atoms with Gasteiger partial charge >= 0.3 is 12.1 Å². The molecule has 2 atom stereocenters. The Labute approximate surface area is 201 Å². The van der Waals surface area contributed by atoms with Crippen LogP contribution in [0.3, 0.4) is 0 Å². The van der Waals surface area contributed by atoms with Crippen molar-refractivity contribution in [3.63, 3.8) is 0 Å². The van der Waals surface area contributed by atoms with Crippen molar-refractivity contribution in [2.45, 2.75) is 44.9 Å². The molecule has 1 N–H and O–H groups in total. The van der Waals surface area contributed by atoms with Crippen LogP contribution in [0, 0.1) is 10.1 Å². The lowest BCUT2D eigenvalue weighted by atomic mass is 9.80. The molecule has 1 heterocycles. The van der Waals surface area contributed by atoms with Gasteiger partial charge in [-0.2, -0.15) is 0 Å². The molecule has 0 bridgehead atoms. The van der Waals surface area contributed by atoms with Gasteiger partial charge in [-0.05, 0) is 38.5 Å². The molecule has 2 amide bonds. The lowest BCUT2D eigenvalue weighted by Gasteiger charge is -2.40. The van der Waals surface area contributed by atoms with Crippen LogP contribution in [-0.4, -0.2) is 46.9 Å². The van der Waals surface area contributed by atoms with Gasteiger partial charge in [0.1, 0.15) is 5.60 Å². The van der Waals surface area contributed by atoms with Gasteiger partial charge in [-0.25, -0.2) is 9.59 Å². The summed E-state index contributed by atoms with van der Waals surface area (Å²) in [6.45, 7) is 6.05. The lowest BCUT2D eigenvalue weighted by Crippen LogP contribution is -2.66. The number of anilines is 1. The summed E-state index contributed by atoms with van der Waals surface area (Å²) >= 11 is 0. The topological polar surface area (TPSA) is 145 Å². The van der Waals surface area contributed by atoms with Gasteiger partial charge in [-0.15, -0.1) is 0 Å². The molecular weight excluding hydrogens is 458 g/mol. The molecule has 0 aromatic heterocycles. The van der Waals surface area contributed by atoms with E-state index in [0.717, 1.165) is 24.1 Å². The van der Waals surface area contributed by atoms with Crippen LogP contribution in [-0.2, 0) is 19.1 Å². The molecule has 2 aromatic carbocycles. The summed E-state index contributed by atoms with van der Waals surface area (Å²) < 4.78 is 10.4. The smallest absolute Gasteiger partial charge is 0.408 e. The summed E-state index contributed by atoms with van der Waals surface area (Å²) in [4.78, 5) is 64.7. The highest BCUT2D eigenvalue weighted by Gasteiger charge is 2.65. The van der Waals surface area contributed by atoms with Crippen molar-refractivity contribution in [1.29, 1.82) is 0 Å². The first-order chi connectivity index (χ1) is 16.3. The van der Waals surface area contributed by atoms with Gasteiger partial charge in [-0.1, -0.05) is 24.3 Å². The second kappa shape index (κ2) is 9.16. The number of ketones is 1. The summed E-state index contributed by atoms with van der Waals surface area (Å²) in [6, 6.07) is 9.51. The zero-order chi connectivity index (χ0) is 26.1. The number of esters is 1. The fourth-order valence-electron chi connectivity index (χ4n) is 4.14. The van der Waals surface area contributed by atoms with Crippen molar-refractivity contribution in [1.82, 2.24) is 5.32 Å². The molecule has 0 unspecified atom stereocenters. The van der Waals surface area contributed by atoms with E-state index in [2.05, 4.69) is 5.32 Å². The van der Waals surface area contributed by atoms with Crippen molar-refractivity contribution < 1.29 is 33.6 Å². The maximum atomic E-state index is 13.9. The number of nitro benzene ring substituents is 1. The number of fused-ring (bicyclic) bond motifs is 1. The van der Waals surface area contributed by atoms with Gasteiger partial charge in [-0.3, -0.25) is 24.6 Å². The number of nitrogens with one attached hydrogen (secondary N) is 1. The second-order valence-electron chi connectivity index (χ2n) is 8.89. The van der Waals surface area contributed by atoms with Crippen molar-refractivity contribution in [3.05, 3.63) is 69.8 Å². The monoisotopic (exact) mass is 483 g/mol. The minimum Gasteiger partial charge on any atom is -0.467 e. The number of hydrogen-bond donors (Lipinski definition) is 1. The SMILES string of the molecule is COC(=O)[C@@]1([C@@H](NC(=O)OC(C)(C)C)c2ccc([N+](=O)[O-])cc2)C(=O)c2ccccc2N1C(C)=O. The number of non-ortho nitro benzene ring substituents is 1. The number of rotatable bonds is 5. The number of amides is 2. The van der Waals surface area contributed by atoms with Gasteiger partial charge in [0.05, 0.1) is 23.8 Å². The van der Waals surface area contributed by atoms with Crippen molar-refractivity contribution in [3.8, 4) is 0 Å². The van der Waals surface area contributed by atoms with Crippen LogP contribution in [0.5, 0.6) is 0 Å². The zero-order valence-corrected chi connectivity index (χ0v) is 19.9. The average molecular weight is 483 g/mol. The number of para-hydroxylation sites is 1. The summed E-state index contributed by atoms with van der Waals surface area (Å²) in [5.74, 6) is -2.55. The predicted molar refractivity (Wildman–Crippen MR) is 124 cm³/mol. The maximum Gasteiger partial charge on any atom is 0.408 e. The Hall–Kier alpha value is -4.28. The Morgan fingerprint density at radius 3 is 2.20 bits per heavy atom. The maximum absolute atomic E-state index is 13.9. The fourth-order valence-corrected chi connectivity index (χ4v) is 4.14.